The first-order valence-corrected chi connectivity index (χ1v) is 7.40. The van der Waals surface area contributed by atoms with Crippen molar-refractivity contribution >= 4 is 34.8 Å². The molecule has 1 aliphatic carbocycles. The predicted octanol–water partition coefficient (Wildman–Crippen LogP) is 4.83. The summed E-state index contributed by atoms with van der Waals surface area (Å²) >= 11 is 11.4. The van der Waals surface area contributed by atoms with E-state index in [-0.39, 0.29) is 27.6 Å². The second kappa shape index (κ2) is 5.42. The molecule has 0 radical (unpaired) electrons. The molecule has 0 spiro atoms. The number of benzene rings is 1. The Balaban J connectivity index is 2.10. The lowest BCUT2D eigenvalue weighted by atomic mass is 10.1. The number of carbonyl (C=O) groups excluding carboxylic acids is 1. The van der Waals surface area contributed by atoms with Gasteiger partial charge in [0.25, 0.3) is 0 Å². The van der Waals surface area contributed by atoms with E-state index in [9.17, 15) is 4.79 Å². The molecule has 1 aliphatic rings. The zero-order valence-electron chi connectivity index (χ0n) is 12.1. The number of allylic oxidation sites excluding steroid dienone is 1. The van der Waals surface area contributed by atoms with Crippen LogP contribution >= 0.6 is 23.2 Å². The highest BCUT2D eigenvalue weighted by Gasteiger charge is 2.60. The van der Waals surface area contributed by atoms with Crippen LogP contribution in [0.25, 0.3) is 0 Å². The summed E-state index contributed by atoms with van der Waals surface area (Å²) in [5, 5.41) is 2.98. The van der Waals surface area contributed by atoms with Crippen LogP contribution in [0.4, 0.5) is 5.69 Å². The summed E-state index contributed by atoms with van der Waals surface area (Å²) in [5.41, 5.74) is 3.11. The maximum absolute atomic E-state index is 12.4. The van der Waals surface area contributed by atoms with Gasteiger partial charge in [-0.1, -0.05) is 43.1 Å². The van der Waals surface area contributed by atoms with Gasteiger partial charge >= 0.3 is 0 Å². The predicted molar refractivity (Wildman–Crippen MR) is 85.1 cm³/mol. The Bertz CT molecular complexity index is 574. The molecule has 0 aromatic heterocycles. The number of rotatable bonds is 3. The average molecular weight is 312 g/mol. The van der Waals surface area contributed by atoms with Gasteiger partial charge in [-0.05, 0) is 54.5 Å². The van der Waals surface area contributed by atoms with Crippen molar-refractivity contribution in [1.29, 1.82) is 0 Å². The van der Waals surface area contributed by atoms with E-state index in [0.29, 0.717) is 0 Å². The number of carbonyl (C=O) groups is 1. The van der Waals surface area contributed by atoms with E-state index in [0.717, 1.165) is 11.3 Å². The fourth-order valence-electron chi connectivity index (χ4n) is 2.66. The minimum atomic E-state index is -0.0984. The largest absolute Gasteiger partial charge is 0.326 e. The van der Waals surface area contributed by atoms with Crippen LogP contribution in [0.1, 0.15) is 25.0 Å². The Hall–Kier alpha value is -0.990. The van der Waals surface area contributed by atoms with Gasteiger partial charge < -0.3 is 5.32 Å². The molecule has 108 valence electrons. The van der Waals surface area contributed by atoms with Gasteiger partial charge in [-0.2, -0.15) is 0 Å². The summed E-state index contributed by atoms with van der Waals surface area (Å²) in [5.74, 6) is 0.0322. The first-order chi connectivity index (χ1) is 9.23. The molecule has 2 rings (SSSR count). The minimum absolute atomic E-state index is 0.0223. The number of hydrogen-bond acceptors (Lipinski definition) is 1. The number of hydrogen-bond donors (Lipinski definition) is 1. The van der Waals surface area contributed by atoms with Crippen LogP contribution in [0.3, 0.4) is 0 Å². The van der Waals surface area contributed by atoms with E-state index < -0.39 is 0 Å². The Morgan fingerprint density at radius 3 is 2.45 bits per heavy atom. The normalized spacial score (nSPS) is 23.1. The van der Waals surface area contributed by atoms with Crippen LogP contribution < -0.4 is 5.32 Å². The third kappa shape index (κ3) is 3.02. The van der Waals surface area contributed by atoms with Crippen LogP contribution in [0, 0.1) is 31.1 Å². The standard InChI is InChI=1S/C16H19Cl2NO/c1-9-5-6-11(7-10(9)2)19-15(20)14-12(8-13(17)18)16(14,3)4/h5-8,12,14H,1-4H3,(H,19,20)/t12-,14-/m0/s1. The van der Waals surface area contributed by atoms with Crippen molar-refractivity contribution in [3.8, 4) is 0 Å². The topological polar surface area (TPSA) is 29.1 Å². The summed E-state index contributed by atoms with van der Waals surface area (Å²) in [7, 11) is 0. The fourth-order valence-corrected chi connectivity index (χ4v) is 2.94. The molecule has 20 heavy (non-hydrogen) atoms. The number of halogens is 2. The summed E-state index contributed by atoms with van der Waals surface area (Å²) < 4.78 is 0.226. The summed E-state index contributed by atoms with van der Waals surface area (Å²) in [4.78, 5) is 12.4. The molecule has 1 fully saturated rings. The van der Waals surface area contributed by atoms with Gasteiger partial charge in [-0.3, -0.25) is 4.79 Å². The van der Waals surface area contributed by atoms with Gasteiger partial charge in [-0.25, -0.2) is 0 Å². The van der Waals surface area contributed by atoms with Crippen LogP contribution in [0.2, 0.25) is 0 Å². The molecule has 1 amide bonds. The number of aryl methyl sites for hydroxylation is 2. The Labute approximate surface area is 130 Å². The molecule has 4 heteroatoms. The van der Waals surface area contributed by atoms with Gasteiger partial charge in [0.15, 0.2) is 0 Å². The van der Waals surface area contributed by atoms with Gasteiger partial charge in [-0.15, -0.1) is 0 Å². The second-order valence-electron chi connectivity index (χ2n) is 6.07. The van der Waals surface area contributed by atoms with Crippen molar-refractivity contribution < 1.29 is 4.79 Å². The molecule has 0 aliphatic heterocycles. The van der Waals surface area contributed by atoms with Gasteiger partial charge in [0.1, 0.15) is 4.49 Å². The molecule has 0 saturated heterocycles. The quantitative estimate of drug-likeness (QED) is 0.850. The van der Waals surface area contributed by atoms with Gasteiger partial charge in [0.2, 0.25) is 5.91 Å². The van der Waals surface area contributed by atoms with Crippen LogP contribution in [0.5, 0.6) is 0 Å². The summed E-state index contributed by atoms with van der Waals surface area (Å²) in [6.45, 7) is 8.18. The summed E-state index contributed by atoms with van der Waals surface area (Å²) in [6.07, 6.45) is 1.76. The lowest BCUT2D eigenvalue weighted by Gasteiger charge is -2.08. The smallest absolute Gasteiger partial charge is 0.228 e. The maximum Gasteiger partial charge on any atom is 0.228 e. The number of amides is 1. The molecule has 0 unspecified atom stereocenters. The molecule has 1 aromatic carbocycles. The molecule has 1 N–H and O–H groups in total. The van der Waals surface area contributed by atoms with E-state index in [4.69, 9.17) is 23.2 Å². The molecule has 0 heterocycles. The number of nitrogens with one attached hydrogen (secondary N) is 1. The van der Waals surface area contributed by atoms with E-state index in [1.54, 1.807) is 6.08 Å². The van der Waals surface area contributed by atoms with Crippen molar-refractivity contribution in [2.45, 2.75) is 27.7 Å². The van der Waals surface area contributed by atoms with Crippen molar-refractivity contribution in [3.63, 3.8) is 0 Å². The maximum atomic E-state index is 12.4. The first-order valence-electron chi connectivity index (χ1n) is 6.64. The third-order valence-electron chi connectivity index (χ3n) is 4.27. The SMILES string of the molecule is Cc1ccc(NC(=O)[C@@H]2[C@H](C=C(Cl)Cl)C2(C)C)cc1C. The molecule has 2 atom stereocenters. The van der Waals surface area contributed by atoms with Crippen LogP contribution in [-0.4, -0.2) is 5.91 Å². The van der Waals surface area contributed by atoms with E-state index in [2.05, 4.69) is 19.2 Å². The molecule has 2 nitrogen and oxygen atoms in total. The molecule has 1 saturated carbocycles. The van der Waals surface area contributed by atoms with Crippen molar-refractivity contribution in [2.24, 2.45) is 17.3 Å². The average Bonchev–Trinajstić information content (AvgIpc) is 2.84. The zero-order valence-corrected chi connectivity index (χ0v) is 13.6. The lowest BCUT2D eigenvalue weighted by Crippen LogP contribution is -2.17. The molecule has 1 aromatic rings. The Morgan fingerprint density at radius 1 is 1.25 bits per heavy atom. The van der Waals surface area contributed by atoms with Gasteiger partial charge in [0.05, 0.1) is 5.92 Å². The van der Waals surface area contributed by atoms with Crippen molar-refractivity contribution in [1.82, 2.24) is 0 Å². The van der Waals surface area contributed by atoms with Crippen LogP contribution in [-0.2, 0) is 4.79 Å². The monoisotopic (exact) mass is 311 g/mol. The minimum Gasteiger partial charge on any atom is -0.326 e. The highest BCUT2D eigenvalue weighted by atomic mass is 35.5. The summed E-state index contributed by atoms with van der Waals surface area (Å²) in [6, 6.07) is 5.92. The second-order valence-corrected chi connectivity index (χ2v) is 7.08. The highest BCUT2D eigenvalue weighted by Crippen LogP contribution is 2.60. The van der Waals surface area contributed by atoms with Crippen molar-refractivity contribution in [2.75, 3.05) is 5.32 Å². The van der Waals surface area contributed by atoms with Crippen LogP contribution in [0.15, 0.2) is 28.8 Å². The Morgan fingerprint density at radius 2 is 1.90 bits per heavy atom. The third-order valence-corrected chi connectivity index (χ3v) is 4.53. The van der Waals surface area contributed by atoms with Gasteiger partial charge in [0, 0.05) is 5.69 Å². The van der Waals surface area contributed by atoms with E-state index >= 15 is 0 Å². The lowest BCUT2D eigenvalue weighted by molar-refractivity contribution is -0.118. The highest BCUT2D eigenvalue weighted by molar-refractivity contribution is 6.55. The first kappa shape index (κ1) is 15.4. The molecule has 0 bridgehead atoms. The number of anilines is 1. The Kier molecular flexibility index (Phi) is 4.17. The van der Waals surface area contributed by atoms with E-state index in [1.165, 1.54) is 5.56 Å². The fraction of sp³-hybridized carbons (Fsp3) is 0.438. The molecular formula is C16H19Cl2NO. The zero-order chi connectivity index (χ0) is 15.1. The van der Waals surface area contributed by atoms with Crippen molar-refractivity contribution in [3.05, 3.63) is 39.9 Å². The van der Waals surface area contributed by atoms with E-state index in [1.807, 2.05) is 32.0 Å². The molecular weight excluding hydrogens is 293 g/mol.